The number of anilines is 2. The summed E-state index contributed by atoms with van der Waals surface area (Å²) in [5.41, 5.74) is 3.09. The zero-order valence-corrected chi connectivity index (χ0v) is 11.4. The van der Waals surface area contributed by atoms with Gasteiger partial charge in [-0.25, -0.2) is 0 Å². The number of fused-ring (bicyclic) bond motifs is 1. The number of carbonyl (C=O) groups excluding carboxylic acids is 1. The molecule has 1 aliphatic heterocycles. The maximum absolute atomic E-state index is 11.7. The van der Waals surface area contributed by atoms with Crippen LogP contribution >= 0.6 is 0 Å². The summed E-state index contributed by atoms with van der Waals surface area (Å²) in [6, 6.07) is 5.93. The molecule has 1 aromatic carbocycles. The molecule has 98 valence electrons. The molecular formula is C14H21N3O. The summed E-state index contributed by atoms with van der Waals surface area (Å²) in [6.45, 7) is 5.40. The third-order valence-corrected chi connectivity index (χ3v) is 3.24. The van der Waals surface area contributed by atoms with Crippen molar-refractivity contribution in [3.8, 4) is 0 Å². The van der Waals surface area contributed by atoms with Gasteiger partial charge in [0.15, 0.2) is 0 Å². The van der Waals surface area contributed by atoms with E-state index in [1.54, 1.807) is 7.05 Å². The van der Waals surface area contributed by atoms with Crippen LogP contribution in [0.5, 0.6) is 0 Å². The first kappa shape index (κ1) is 12.9. The van der Waals surface area contributed by atoms with Gasteiger partial charge in [0.1, 0.15) is 6.04 Å². The van der Waals surface area contributed by atoms with Crippen LogP contribution in [0.2, 0.25) is 0 Å². The summed E-state index contributed by atoms with van der Waals surface area (Å²) in [5.74, 6) is 0.638. The monoisotopic (exact) mass is 247 g/mol. The fourth-order valence-corrected chi connectivity index (χ4v) is 2.43. The van der Waals surface area contributed by atoms with Crippen LogP contribution in [0.3, 0.4) is 0 Å². The van der Waals surface area contributed by atoms with Crippen molar-refractivity contribution in [3.63, 3.8) is 0 Å². The number of amides is 1. The Morgan fingerprint density at radius 1 is 1.44 bits per heavy atom. The molecule has 0 saturated carbocycles. The number of likely N-dealkylation sites (N-methyl/N-ethyl adjacent to an activating group) is 1. The van der Waals surface area contributed by atoms with Crippen molar-refractivity contribution in [1.29, 1.82) is 0 Å². The topological polar surface area (TPSA) is 44.4 Å². The van der Waals surface area contributed by atoms with Crippen LogP contribution in [-0.4, -0.2) is 26.5 Å². The smallest absolute Gasteiger partial charge is 0.246 e. The molecule has 1 aliphatic rings. The van der Waals surface area contributed by atoms with Gasteiger partial charge in [0.2, 0.25) is 5.91 Å². The number of carbonyl (C=O) groups is 1. The first-order valence-electron chi connectivity index (χ1n) is 6.36. The Hall–Kier alpha value is -1.55. The van der Waals surface area contributed by atoms with Crippen molar-refractivity contribution >= 4 is 17.3 Å². The van der Waals surface area contributed by atoms with Crippen LogP contribution < -0.4 is 15.5 Å². The van der Waals surface area contributed by atoms with Crippen LogP contribution in [0.1, 0.15) is 25.5 Å². The fraction of sp³-hybridized carbons (Fsp3) is 0.500. The van der Waals surface area contributed by atoms with E-state index in [0.29, 0.717) is 5.92 Å². The molecule has 4 heteroatoms. The highest BCUT2D eigenvalue weighted by Crippen LogP contribution is 2.33. The maximum Gasteiger partial charge on any atom is 0.246 e. The predicted molar refractivity (Wildman–Crippen MR) is 75.0 cm³/mol. The second kappa shape index (κ2) is 4.98. The minimum atomic E-state index is -0.218. The molecule has 0 aromatic heterocycles. The molecule has 1 heterocycles. The standard InChI is InChI=1S/C14H21N3O/c1-9(2)8-17(4)10-5-6-11-12(7-10)16-14(18)13(11)15-3/h5-7,9,13,15H,8H2,1-4H3,(H,16,18). The first-order valence-corrected chi connectivity index (χ1v) is 6.36. The summed E-state index contributed by atoms with van der Waals surface area (Å²) in [5, 5.41) is 5.94. The molecule has 1 aromatic rings. The third-order valence-electron chi connectivity index (χ3n) is 3.24. The number of hydrogen-bond acceptors (Lipinski definition) is 3. The van der Waals surface area contributed by atoms with Gasteiger partial charge in [-0.3, -0.25) is 4.79 Å². The lowest BCUT2D eigenvalue weighted by Crippen LogP contribution is -2.23. The van der Waals surface area contributed by atoms with Crippen LogP contribution in [0.25, 0.3) is 0 Å². The van der Waals surface area contributed by atoms with Gasteiger partial charge in [0, 0.05) is 30.5 Å². The van der Waals surface area contributed by atoms with Gasteiger partial charge in [0.25, 0.3) is 0 Å². The second-order valence-corrected chi connectivity index (χ2v) is 5.26. The number of nitrogens with one attached hydrogen (secondary N) is 2. The van der Waals surface area contributed by atoms with E-state index in [4.69, 9.17) is 0 Å². The van der Waals surface area contributed by atoms with Crippen molar-refractivity contribution in [3.05, 3.63) is 23.8 Å². The van der Waals surface area contributed by atoms with Gasteiger partial charge in [-0.05, 0) is 25.1 Å². The van der Waals surface area contributed by atoms with E-state index in [2.05, 4.69) is 42.5 Å². The molecule has 0 aliphatic carbocycles. The van der Waals surface area contributed by atoms with E-state index in [0.717, 1.165) is 23.5 Å². The van der Waals surface area contributed by atoms with Crippen molar-refractivity contribution in [2.75, 3.05) is 30.9 Å². The Morgan fingerprint density at radius 3 is 2.78 bits per heavy atom. The van der Waals surface area contributed by atoms with Crippen molar-refractivity contribution in [2.24, 2.45) is 5.92 Å². The van der Waals surface area contributed by atoms with E-state index in [-0.39, 0.29) is 11.9 Å². The third kappa shape index (κ3) is 2.34. The van der Waals surface area contributed by atoms with Crippen molar-refractivity contribution in [1.82, 2.24) is 5.32 Å². The fourth-order valence-electron chi connectivity index (χ4n) is 2.43. The van der Waals surface area contributed by atoms with Crippen LogP contribution in [0.4, 0.5) is 11.4 Å². The molecule has 4 nitrogen and oxygen atoms in total. The molecular weight excluding hydrogens is 226 g/mol. The van der Waals surface area contributed by atoms with Gasteiger partial charge < -0.3 is 15.5 Å². The van der Waals surface area contributed by atoms with Crippen LogP contribution in [-0.2, 0) is 4.79 Å². The molecule has 0 saturated heterocycles. The lowest BCUT2D eigenvalue weighted by atomic mass is 10.1. The van der Waals surface area contributed by atoms with E-state index >= 15 is 0 Å². The average Bonchev–Trinajstić information content (AvgIpc) is 2.62. The summed E-state index contributed by atoms with van der Waals surface area (Å²) in [4.78, 5) is 13.9. The zero-order valence-electron chi connectivity index (χ0n) is 11.4. The normalized spacial score (nSPS) is 17.8. The predicted octanol–water partition coefficient (Wildman–Crippen LogP) is 1.99. The summed E-state index contributed by atoms with van der Waals surface area (Å²) in [6.07, 6.45) is 0. The largest absolute Gasteiger partial charge is 0.374 e. The van der Waals surface area contributed by atoms with Gasteiger partial charge in [-0.2, -0.15) is 0 Å². The SMILES string of the molecule is CNC1C(=O)Nc2cc(N(C)CC(C)C)ccc21. The molecule has 1 amide bonds. The Balaban J connectivity index is 2.24. The number of hydrogen-bond donors (Lipinski definition) is 2. The second-order valence-electron chi connectivity index (χ2n) is 5.26. The molecule has 0 fully saturated rings. The Morgan fingerprint density at radius 2 is 2.17 bits per heavy atom. The van der Waals surface area contributed by atoms with Gasteiger partial charge in [-0.1, -0.05) is 19.9 Å². The van der Waals surface area contributed by atoms with E-state index < -0.39 is 0 Å². The summed E-state index contributed by atoms with van der Waals surface area (Å²) in [7, 11) is 3.88. The lowest BCUT2D eigenvalue weighted by Gasteiger charge is -2.22. The Labute approximate surface area is 108 Å². The molecule has 2 rings (SSSR count). The highest BCUT2D eigenvalue weighted by atomic mass is 16.2. The molecule has 0 radical (unpaired) electrons. The highest BCUT2D eigenvalue weighted by molar-refractivity contribution is 6.03. The average molecular weight is 247 g/mol. The number of benzene rings is 1. The molecule has 2 N–H and O–H groups in total. The van der Waals surface area contributed by atoms with E-state index in [1.165, 1.54) is 0 Å². The highest BCUT2D eigenvalue weighted by Gasteiger charge is 2.29. The van der Waals surface area contributed by atoms with Gasteiger partial charge in [0.05, 0.1) is 0 Å². The van der Waals surface area contributed by atoms with E-state index in [1.807, 2.05) is 12.1 Å². The first-order chi connectivity index (χ1) is 8.52. The summed E-state index contributed by atoms with van der Waals surface area (Å²) >= 11 is 0. The van der Waals surface area contributed by atoms with Gasteiger partial charge >= 0.3 is 0 Å². The Kier molecular flexibility index (Phi) is 3.57. The maximum atomic E-state index is 11.7. The minimum Gasteiger partial charge on any atom is -0.374 e. The lowest BCUT2D eigenvalue weighted by molar-refractivity contribution is -0.117. The Bertz CT molecular complexity index is 456. The molecule has 18 heavy (non-hydrogen) atoms. The minimum absolute atomic E-state index is 0.0242. The van der Waals surface area contributed by atoms with Crippen molar-refractivity contribution < 1.29 is 4.79 Å². The van der Waals surface area contributed by atoms with Gasteiger partial charge in [-0.15, -0.1) is 0 Å². The summed E-state index contributed by atoms with van der Waals surface area (Å²) < 4.78 is 0. The number of rotatable bonds is 4. The molecule has 0 bridgehead atoms. The molecule has 0 spiro atoms. The zero-order chi connectivity index (χ0) is 13.3. The molecule has 1 unspecified atom stereocenters. The molecule has 1 atom stereocenters. The van der Waals surface area contributed by atoms with Crippen LogP contribution in [0.15, 0.2) is 18.2 Å². The van der Waals surface area contributed by atoms with Crippen molar-refractivity contribution in [2.45, 2.75) is 19.9 Å². The van der Waals surface area contributed by atoms with E-state index in [9.17, 15) is 4.79 Å². The van der Waals surface area contributed by atoms with Crippen LogP contribution in [0, 0.1) is 5.92 Å². The number of nitrogens with zero attached hydrogens (tertiary/aromatic N) is 1. The quantitative estimate of drug-likeness (QED) is 0.855.